The molecule has 5 heteroatoms. The van der Waals surface area contributed by atoms with Crippen LogP contribution < -0.4 is 10.2 Å². The highest BCUT2D eigenvalue weighted by molar-refractivity contribution is 6.74. The summed E-state index contributed by atoms with van der Waals surface area (Å²) < 4.78 is 42.4. The SMILES string of the molecule is CCCOc1ccccc1[B-](F)(F)F. The Morgan fingerprint density at radius 1 is 1.21 bits per heavy atom. The average molecular weight is 203 g/mol. The zero-order valence-corrected chi connectivity index (χ0v) is 7.84. The smallest absolute Gasteiger partial charge is 0.497 e. The summed E-state index contributed by atoms with van der Waals surface area (Å²) in [4.78, 5) is 0. The van der Waals surface area contributed by atoms with E-state index in [9.17, 15) is 12.9 Å². The monoisotopic (exact) mass is 203 g/mol. The number of hydrogen-bond acceptors (Lipinski definition) is 1. The van der Waals surface area contributed by atoms with E-state index in [2.05, 4.69) is 0 Å². The van der Waals surface area contributed by atoms with Crippen molar-refractivity contribution in [3.63, 3.8) is 0 Å². The van der Waals surface area contributed by atoms with Crippen molar-refractivity contribution in [1.29, 1.82) is 0 Å². The van der Waals surface area contributed by atoms with E-state index >= 15 is 0 Å². The van der Waals surface area contributed by atoms with Gasteiger partial charge in [0, 0.05) is 0 Å². The third-order valence-corrected chi connectivity index (χ3v) is 1.73. The molecule has 0 spiro atoms. The summed E-state index contributed by atoms with van der Waals surface area (Å²) in [5, 5.41) is 0. The lowest BCUT2D eigenvalue weighted by molar-refractivity contribution is 0.318. The van der Waals surface area contributed by atoms with Gasteiger partial charge in [-0.15, -0.1) is 0 Å². The molecule has 0 aliphatic rings. The molecule has 0 unspecified atom stereocenters. The second-order valence-electron chi connectivity index (χ2n) is 2.96. The van der Waals surface area contributed by atoms with E-state index < -0.39 is 12.4 Å². The highest BCUT2D eigenvalue weighted by Gasteiger charge is 2.28. The predicted molar refractivity (Wildman–Crippen MR) is 50.9 cm³/mol. The van der Waals surface area contributed by atoms with Crippen molar-refractivity contribution in [2.75, 3.05) is 6.61 Å². The molecule has 14 heavy (non-hydrogen) atoms. The van der Waals surface area contributed by atoms with Crippen LogP contribution in [0.2, 0.25) is 0 Å². The molecule has 0 fully saturated rings. The lowest BCUT2D eigenvalue weighted by atomic mass is 9.79. The van der Waals surface area contributed by atoms with Gasteiger partial charge in [0.15, 0.2) is 0 Å². The van der Waals surface area contributed by atoms with Gasteiger partial charge in [0.1, 0.15) is 0 Å². The van der Waals surface area contributed by atoms with Crippen molar-refractivity contribution < 1.29 is 17.7 Å². The van der Waals surface area contributed by atoms with Crippen LogP contribution in [0.25, 0.3) is 0 Å². The first-order valence-electron chi connectivity index (χ1n) is 4.47. The Balaban J connectivity index is 2.92. The Morgan fingerprint density at radius 2 is 1.86 bits per heavy atom. The fourth-order valence-corrected chi connectivity index (χ4v) is 1.09. The molecule has 0 bridgehead atoms. The largest absolute Gasteiger partial charge is 0.513 e. The molecule has 0 aliphatic carbocycles. The van der Waals surface area contributed by atoms with Gasteiger partial charge in [-0.2, -0.15) is 0 Å². The van der Waals surface area contributed by atoms with Gasteiger partial charge in [-0.25, -0.2) is 0 Å². The fourth-order valence-electron chi connectivity index (χ4n) is 1.09. The molecule has 0 saturated carbocycles. The summed E-state index contributed by atoms with van der Waals surface area (Å²) in [5.41, 5.74) is -0.652. The number of para-hydroxylation sites is 1. The number of rotatable bonds is 4. The van der Waals surface area contributed by atoms with Crippen molar-refractivity contribution in [3.05, 3.63) is 24.3 Å². The summed E-state index contributed by atoms with van der Waals surface area (Å²) in [6.07, 6.45) is 0.694. The second-order valence-corrected chi connectivity index (χ2v) is 2.96. The number of benzene rings is 1. The Bertz CT molecular complexity index is 298. The maximum absolute atomic E-state index is 12.5. The average Bonchev–Trinajstić information content (AvgIpc) is 2.14. The van der Waals surface area contributed by atoms with Crippen LogP contribution in [0, 0.1) is 0 Å². The molecule has 0 atom stereocenters. The van der Waals surface area contributed by atoms with Crippen molar-refractivity contribution >= 4 is 12.4 Å². The molecule has 0 amide bonds. The Labute approximate surface area is 80.9 Å². The second kappa shape index (κ2) is 4.40. The van der Waals surface area contributed by atoms with Crippen molar-refractivity contribution in [2.45, 2.75) is 13.3 Å². The fraction of sp³-hybridized carbons (Fsp3) is 0.333. The summed E-state index contributed by atoms with van der Waals surface area (Å²) in [6.45, 7) is -2.82. The highest BCUT2D eigenvalue weighted by atomic mass is 19.4. The zero-order valence-electron chi connectivity index (χ0n) is 7.84. The topological polar surface area (TPSA) is 9.23 Å². The van der Waals surface area contributed by atoms with Crippen LogP contribution in [-0.4, -0.2) is 13.6 Å². The van der Waals surface area contributed by atoms with E-state index in [0.717, 1.165) is 6.07 Å². The van der Waals surface area contributed by atoms with Gasteiger partial charge in [0.05, 0.1) is 12.4 Å². The first kappa shape index (κ1) is 11.0. The van der Waals surface area contributed by atoms with E-state index in [1.165, 1.54) is 18.2 Å². The summed E-state index contributed by atoms with van der Waals surface area (Å²) in [6, 6.07) is 5.30. The van der Waals surface area contributed by atoms with Gasteiger partial charge in [-0.1, -0.05) is 30.6 Å². The minimum atomic E-state index is -4.98. The first-order chi connectivity index (χ1) is 6.55. The third-order valence-electron chi connectivity index (χ3n) is 1.73. The quantitative estimate of drug-likeness (QED) is 0.683. The molecular formula is C9H11BF3O-. The standard InChI is InChI=1S/C9H11BF3O/c1-2-7-14-9-6-4-3-5-8(9)10(11,12)13/h3-6H,2,7H2,1H3/q-1. The first-order valence-corrected chi connectivity index (χ1v) is 4.47. The molecule has 0 heterocycles. The predicted octanol–water partition coefficient (Wildman–Crippen LogP) is 2.53. The van der Waals surface area contributed by atoms with E-state index in [1.807, 2.05) is 6.92 Å². The van der Waals surface area contributed by atoms with Crippen molar-refractivity contribution in [3.8, 4) is 5.75 Å². The lowest BCUT2D eigenvalue weighted by Crippen LogP contribution is -2.35. The molecule has 78 valence electrons. The van der Waals surface area contributed by atoms with Crippen LogP contribution in [0.3, 0.4) is 0 Å². The molecule has 0 aliphatic heterocycles. The molecule has 1 nitrogen and oxygen atoms in total. The van der Waals surface area contributed by atoms with Crippen molar-refractivity contribution in [1.82, 2.24) is 0 Å². The summed E-state index contributed by atoms with van der Waals surface area (Å²) in [7, 11) is 0. The minimum absolute atomic E-state index is 0.0677. The van der Waals surface area contributed by atoms with E-state index in [0.29, 0.717) is 13.0 Å². The zero-order chi connectivity index (χ0) is 10.6. The van der Waals surface area contributed by atoms with Gasteiger partial charge >= 0.3 is 6.98 Å². The molecule has 0 saturated heterocycles. The minimum Gasteiger partial charge on any atom is -0.497 e. The molecule has 1 aromatic rings. The van der Waals surface area contributed by atoms with Crippen LogP contribution >= 0.6 is 0 Å². The Kier molecular flexibility index (Phi) is 3.44. The maximum atomic E-state index is 12.5. The Morgan fingerprint density at radius 3 is 2.43 bits per heavy atom. The van der Waals surface area contributed by atoms with Crippen LogP contribution in [0.5, 0.6) is 5.75 Å². The summed E-state index contributed by atoms with van der Waals surface area (Å²) in [5.74, 6) is -0.0677. The molecule has 0 aromatic heterocycles. The Hall–Kier alpha value is -1.13. The lowest BCUT2D eigenvalue weighted by Gasteiger charge is -2.19. The van der Waals surface area contributed by atoms with E-state index in [-0.39, 0.29) is 5.75 Å². The van der Waals surface area contributed by atoms with Gasteiger partial charge < -0.3 is 17.7 Å². The maximum Gasteiger partial charge on any atom is 0.513 e. The van der Waals surface area contributed by atoms with Gasteiger partial charge in [0.25, 0.3) is 0 Å². The normalized spacial score (nSPS) is 11.4. The molecule has 0 N–H and O–H groups in total. The van der Waals surface area contributed by atoms with E-state index in [4.69, 9.17) is 4.74 Å². The van der Waals surface area contributed by atoms with Crippen LogP contribution in [-0.2, 0) is 0 Å². The molecular weight excluding hydrogens is 192 g/mol. The molecule has 1 rings (SSSR count). The highest BCUT2D eigenvalue weighted by Crippen LogP contribution is 2.17. The third kappa shape index (κ3) is 2.68. The van der Waals surface area contributed by atoms with Crippen LogP contribution in [0.1, 0.15) is 13.3 Å². The van der Waals surface area contributed by atoms with Gasteiger partial charge in [-0.05, 0) is 12.5 Å². The summed E-state index contributed by atoms with van der Waals surface area (Å²) >= 11 is 0. The molecule has 1 aromatic carbocycles. The number of halogens is 3. The number of ether oxygens (including phenoxy) is 1. The van der Waals surface area contributed by atoms with Gasteiger partial charge in [-0.3, -0.25) is 0 Å². The van der Waals surface area contributed by atoms with Gasteiger partial charge in [0.2, 0.25) is 0 Å². The molecule has 0 radical (unpaired) electrons. The van der Waals surface area contributed by atoms with Crippen molar-refractivity contribution in [2.24, 2.45) is 0 Å². The van der Waals surface area contributed by atoms with Crippen LogP contribution in [0.15, 0.2) is 24.3 Å². The van der Waals surface area contributed by atoms with Crippen LogP contribution in [0.4, 0.5) is 12.9 Å². The number of hydrogen-bond donors (Lipinski definition) is 0. The van der Waals surface area contributed by atoms with E-state index in [1.54, 1.807) is 0 Å².